The third-order valence-corrected chi connectivity index (χ3v) is 11.4. The zero-order valence-corrected chi connectivity index (χ0v) is 37.9. The Balaban J connectivity index is 3.35. The fourth-order valence-corrected chi connectivity index (χ4v) is 7.54. The summed E-state index contributed by atoms with van der Waals surface area (Å²) in [4.78, 5) is 24.2. The lowest BCUT2D eigenvalue weighted by Crippen LogP contribution is -2.23. The van der Waals surface area contributed by atoms with Gasteiger partial charge in [-0.05, 0) is 50.4 Å². The molecule has 0 atom stereocenters. The normalized spacial score (nSPS) is 10.8. The second-order valence-corrected chi connectivity index (χ2v) is 17.0. The van der Waals surface area contributed by atoms with Crippen molar-refractivity contribution >= 4 is 11.8 Å². The Morgan fingerprint density at radius 3 is 0.804 bits per heavy atom. The Bertz CT molecular complexity index is 862. The summed E-state index contributed by atoms with van der Waals surface area (Å²) in [5, 5.41) is 6.21. The third-order valence-electron chi connectivity index (χ3n) is 11.4. The Hall–Kier alpha value is -1.94. The summed E-state index contributed by atoms with van der Waals surface area (Å²) in [5.74, 6) is 12.7. The molecule has 0 unspecified atom stereocenters. The van der Waals surface area contributed by atoms with Crippen molar-refractivity contribution in [3.05, 3.63) is 0 Å². The number of rotatable bonds is 44. The van der Waals surface area contributed by atoms with Crippen molar-refractivity contribution in [3.63, 3.8) is 0 Å². The fraction of sp³-hybridized carbons (Fsp3) is 0.885. The van der Waals surface area contributed by atoms with Gasteiger partial charge in [0.2, 0.25) is 11.8 Å². The van der Waals surface area contributed by atoms with Crippen molar-refractivity contribution in [3.8, 4) is 23.7 Å². The van der Waals surface area contributed by atoms with Crippen LogP contribution in [0.15, 0.2) is 0 Å². The standard InChI is InChI=1S/C52H96N2O2/c1-3-5-7-9-11-13-15-17-19-21-25-29-33-37-41-45-49-53-51(55)47-43-39-35-31-27-23-24-28-32-36-40-44-48-52(56)54-50-46-42-38-34-30-26-22-20-18-16-14-12-10-8-6-4-2/h3-22,25-26,29-50H2,1-2H3,(H,53,55)(H,54,56). The van der Waals surface area contributed by atoms with Gasteiger partial charge in [0.1, 0.15) is 0 Å². The van der Waals surface area contributed by atoms with Crippen molar-refractivity contribution in [2.75, 3.05) is 13.1 Å². The van der Waals surface area contributed by atoms with E-state index in [1.54, 1.807) is 0 Å². The van der Waals surface area contributed by atoms with Crippen molar-refractivity contribution in [1.29, 1.82) is 0 Å². The zero-order chi connectivity index (χ0) is 40.5. The first-order chi connectivity index (χ1) is 27.7. The van der Waals surface area contributed by atoms with E-state index in [1.807, 2.05) is 0 Å². The van der Waals surface area contributed by atoms with Gasteiger partial charge in [0, 0.05) is 38.8 Å². The third kappa shape index (κ3) is 48.2. The summed E-state index contributed by atoms with van der Waals surface area (Å²) in [6.07, 6.45) is 53.0. The van der Waals surface area contributed by atoms with Gasteiger partial charge in [-0.15, -0.1) is 0 Å². The first-order valence-corrected chi connectivity index (χ1v) is 25.2. The molecule has 0 aromatic heterocycles. The van der Waals surface area contributed by atoms with Gasteiger partial charge in [-0.2, -0.15) is 0 Å². The fourth-order valence-electron chi connectivity index (χ4n) is 7.54. The topological polar surface area (TPSA) is 58.2 Å². The highest BCUT2D eigenvalue weighted by Gasteiger charge is 2.02. The lowest BCUT2D eigenvalue weighted by Gasteiger charge is -2.05. The van der Waals surface area contributed by atoms with Crippen LogP contribution in [-0.4, -0.2) is 24.9 Å². The van der Waals surface area contributed by atoms with E-state index in [2.05, 4.69) is 48.2 Å². The summed E-state index contributed by atoms with van der Waals surface area (Å²) in [7, 11) is 0. The minimum Gasteiger partial charge on any atom is -0.356 e. The zero-order valence-electron chi connectivity index (χ0n) is 37.9. The molecule has 0 fully saturated rings. The van der Waals surface area contributed by atoms with Crippen LogP contribution >= 0.6 is 0 Å². The molecular formula is C52H96N2O2. The monoisotopic (exact) mass is 781 g/mol. The lowest BCUT2D eigenvalue weighted by atomic mass is 10.0. The second kappa shape index (κ2) is 49.2. The summed E-state index contributed by atoms with van der Waals surface area (Å²) >= 11 is 0. The first-order valence-electron chi connectivity index (χ1n) is 25.2. The molecule has 0 saturated carbocycles. The number of nitrogens with one attached hydrogen (secondary N) is 2. The van der Waals surface area contributed by atoms with Gasteiger partial charge in [-0.3, -0.25) is 9.59 Å². The number of amides is 2. The summed E-state index contributed by atoms with van der Waals surface area (Å²) in [6.45, 7) is 6.24. The average molecular weight is 781 g/mol. The SMILES string of the molecule is CCCCCCCCCCCCCCCCCCNC(=O)CCCCCC#CC#CCCCCCC(=O)NCCCCCCCCCCCCCCCCCC. The Morgan fingerprint density at radius 2 is 0.536 bits per heavy atom. The van der Waals surface area contributed by atoms with Crippen LogP contribution in [0.4, 0.5) is 0 Å². The molecule has 0 rings (SSSR count). The molecule has 2 N–H and O–H groups in total. The minimum absolute atomic E-state index is 0.203. The van der Waals surface area contributed by atoms with Gasteiger partial charge in [-0.1, -0.05) is 231 Å². The summed E-state index contributed by atoms with van der Waals surface area (Å²) < 4.78 is 0. The Labute approximate surface area is 351 Å². The smallest absolute Gasteiger partial charge is 0.219 e. The number of hydrogen-bond acceptors (Lipinski definition) is 2. The highest BCUT2D eigenvalue weighted by Crippen LogP contribution is 2.15. The number of carbonyl (C=O) groups excluding carboxylic acids is 2. The molecule has 0 aliphatic carbocycles. The molecule has 4 heteroatoms. The maximum Gasteiger partial charge on any atom is 0.219 e. The molecule has 0 aromatic rings. The van der Waals surface area contributed by atoms with E-state index in [0.717, 1.165) is 77.3 Å². The first kappa shape index (κ1) is 54.1. The van der Waals surface area contributed by atoms with E-state index in [9.17, 15) is 9.59 Å². The molecule has 0 aromatic carbocycles. The second-order valence-electron chi connectivity index (χ2n) is 17.0. The van der Waals surface area contributed by atoms with Gasteiger partial charge < -0.3 is 10.6 Å². The van der Waals surface area contributed by atoms with Gasteiger partial charge in [0.25, 0.3) is 0 Å². The van der Waals surface area contributed by atoms with Crippen LogP contribution in [0.2, 0.25) is 0 Å². The van der Waals surface area contributed by atoms with Gasteiger partial charge in [-0.25, -0.2) is 0 Å². The van der Waals surface area contributed by atoms with E-state index in [4.69, 9.17) is 0 Å². The molecule has 0 heterocycles. The molecule has 0 saturated heterocycles. The Kier molecular flexibility index (Phi) is 47.5. The van der Waals surface area contributed by atoms with Gasteiger partial charge >= 0.3 is 0 Å². The minimum atomic E-state index is 0.203. The molecule has 56 heavy (non-hydrogen) atoms. The molecule has 2 amide bonds. The molecule has 0 spiro atoms. The van der Waals surface area contributed by atoms with Crippen molar-refractivity contribution < 1.29 is 9.59 Å². The van der Waals surface area contributed by atoms with Crippen LogP contribution in [0.25, 0.3) is 0 Å². The molecule has 0 aliphatic rings. The van der Waals surface area contributed by atoms with Crippen LogP contribution in [0.5, 0.6) is 0 Å². The van der Waals surface area contributed by atoms with Crippen molar-refractivity contribution in [2.24, 2.45) is 0 Å². The highest BCUT2D eigenvalue weighted by molar-refractivity contribution is 5.76. The van der Waals surface area contributed by atoms with Crippen molar-refractivity contribution in [2.45, 2.75) is 284 Å². The van der Waals surface area contributed by atoms with E-state index in [-0.39, 0.29) is 11.8 Å². The summed E-state index contributed by atoms with van der Waals surface area (Å²) in [6, 6.07) is 0. The number of unbranched alkanes of at least 4 members (excludes halogenated alkanes) is 36. The van der Waals surface area contributed by atoms with Crippen LogP contribution in [0.3, 0.4) is 0 Å². The van der Waals surface area contributed by atoms with Crippen molar-refractivity contribution in [1.82, 2.24) is 10.6 Å². The largest absolute Gasteiger partial charge is 0.356 e. The van der Waals surface area contributed by atoms with Gasteiger partial charge in [0.15, 0.2) is 0 Å². The number of carbonyl (C=O) groups is 2. The van der Waals surface area contributed by atoms with Gasteiger partial charge in [0.05, 0.1) is 0 Å². The van der Waals surface area contributed by atoms with Crippen LogP contribution in [-0.2, 0) is 9.59 Å². The maximum atomic E-state index is 12.1. The molecule has 0 radical (unpaired) electrons. The van der Waals surface area contributed by atoms with Crippen LogP contribution in [0.1, 0.15) is 284 Å². The number of hydrogen-bond donors (Lipinski definition) is 2. The predicted octanol–water partition coefficient (Wildman–Crippen LogP) is 15.6. The molecule has 0 bridgehead atoms. The Morgan fingerprint density at radius 1 is 0.304 bits per heavy atom. The quantitative estimate of drug-likeness (QED) is 0.0478. The molecule has 326 valence electrons. The highest BCUT2D eigenvalue weighted by atomic mass is 16.2. The molecule has 0 aliphatic heterocycles. The van der Waals surface area contributed by atoms with E-state index in [1.165, 1.54) is 193 Å². The lowest BCUT2D eigenvalue weighted by molar-refractivity contribution is -0.122. The molecular weight excluding hydrogens is 685 g/mol. The average Bonchev–Trinajstić information content (AvgIpc) is 3.20. The van der Waals surface area contributed by atoms with E-state index in [0.29, 0.717) is 12.8 Å². The van der Waals surface area contributed by atoms with E-state index < -0.39 is 0 Å². The summed E-state index contributed by atoms with van der Waals surface area (Å²) in [5.41, 5.74) is 0. The maximum absolute atomic E-state index is 12.1. The van der Waals surface area contributed by atoms with Crippen LogP contribution < -0.4 is 10.6 Å². The predicted molar refractivity (Wildman–Crippen MR) is 247 cm³/mol. The van der Waals surface area contributed by atoms with E-state index >= 15 is 0 Å². The molecule has 4 nitrogen and oxygen atoms in total. The van der Waals surface area contributed by atoms with Crippen LogP contribution in [0, 0.1) is 23.7 Å².